The maximum Gasteiger partial charge on any atom is 0.416 e. The minimum Gasteiger partial charge on any atom is -0.465 e. The minimum absolute atomic E-state index is 0.336. The highest BCUT2D eigenvalue weighted by atomic mass is 19.4. The lowest BCUT2D eigenvalue weighted by Gasteiger charge is -2.34. The van der Waals surface area contributed by atoms with Crippen LogP contribution in [0.3, 0.4) is 0 Å². The number of carboxylic acid groups (broad SMARTS) is 1. The third-order valence-corrected chi connectivity index (χ3v) is 5.71. The number of benzene rings is 3. The summed E-state index contributed by atoms with van der Waals surface area (Å²) < 4.78 is 38.7. The van der Waals surface area contributed by atoms with Crippen molar-refractivity contribution in [2.45, 2.75) is 6.18 Å². The summed E-state index contributed by atoms with van der Waals surface area (Å²) in [5.74, 6) is -0.386. The van der Waals surface area contributed by atoms with Crippen LogP contribution in [-0.4, -0.2) is 48.2 Å². The van der Waals surface area contributed by atoms with Crippen molar-refractivity contribution >= 4 is 23.4 Å². The maximum atomic E-state index is 13.1. The van der Waals surface area contributed by atoms with Gasteiger partial charge >= 0.3 is 12.3 Å². The van der Waals surface area contributed by atoms with Crippen LogP contribution in [0.15, 0.2) is 72.8 Å². The molecule has 9 heteroatoms. The maximum absolute atomic E-state index is 13.1. The fraction of sp³-hybridized carbons (Fsp3) is 0.200. The molecule has 6 nitrogen and oxygen atoms in total. The average molecular weight is 469 g/mol. The van der Waals surface area contributed by atoms with Crippen molar-refractivity contribution in [1.82, 2.24) is 4.90 Å². The van der Waals surface area contributed by atoms with Gasteiger partial charge in [0, 0.05) is 43.1 Å². The van der Waals surface area contributed by atoms with Gasteiger partial charge in [-0.05, 0) is 47.5 Å². The summed E-state index contributed by atoms with van der Waals surface area (Å²) in [7, 11) is 0. The molecule has 3 aromatic rings. The quantitative estimate of drug-likeness (QED) is 0.535. The Morgan fingerprint density at radius 3 is 2.18 bits per heavy atom. The zero-order chi connectivity index (χ0) is 24.3. The van der Waals surface area contributed by atoms with Gasteiger partial charge in [-0.3, -0.25) is 4.79 Å². The van der Waals surface area contributed by atoms with Gasteiger partial charge in [0.1, 0.15) is 0 Å². The Kier molecular flexibility index (Phi) is 6.45. The summed E-state index contributed by atoms with van der Waals surface area (Å²) in [4.78, 5) is 27.6. The number of carbonyl (C=O) groups excluding carboxylic acids is 1. The molecule has 4 rings (SSSR count). The van der Waals surface area contributed by atoms with Crippen molar-refractivity contribution in [3.8, 4) is 11.1 Å². The fourth-order valence-corrected chi connectivity index (χ4v) is 3.91. The Morgan fingerprint density at radius 1 is 0.853 bits per heavy atom. The van der Waals surface area contributed by atoms with Crippen LogP contribution in [0.4, 0.5) is 29.3 Å². The zero-order valence-corrected chi connectivity index (χ0v) is 18.0. The minimum atomic E-state index is -4.43. The first-order valence-corrected chi connectivity index (χ1v) is 10.6. The van der Waals surface area contributed by atoms with Gasteiger partial charge in [0.25, 0.3) is 5.91 Å². The molecule has 0 unspecified atom stereocenters. The molecule has 1 fully saturated rings. The highest BCUT2D eigenvalue weighted by Gasteiger charge is 2.30. The molecule has 1 saturated heterocycles. The Balaban J connectivity index is 1.51. The molecule has 0 atom stereocenters. The highest BCUT2D eigenvalue weighted by molar-refractivity contribution is 6.08. The number of hydrogen-bond acceptors (Lipinski definition) is 3. The van der Waals surface area contributed by atoms with Gasteiger partial charge in [-0.25, -0.2) is 4.79 Å². The second-order valence-electron chi connectivity index (χ2n) is 7.88. The topological polar surface area (TPSA) is 72.9 Å². The van der Waals surface area contributed by atoms with Gasteiger partial charge in [-0.15, -0.1) is 0 Å². The predicted molar refractivity (Wildman–Crippen MR) is 123 cm³/mol. The molecule has 1 heterocycles. The molecular formula is C25H22F3N3O3. The van der Waals surface area contributed by atoms with Crippen molar-refractivity contribution < 1.29 is 27.9 Å². The predicted octanol–water partition coefficient (Wildman–Crippen LogP) is 5.42. The SMILES string of the molecule is O=C(Nc1cccc(N2CCN(C(=O)O)CC2)c1)c1ccccc1-c1ccc(C(F)(F)F)cc1. The van der Waals surface area contributed by atoms with E-state index in [1.807, 2.05) is 17.0 Å². The van der Waals surface area contributed by atoms with Crippen molar-refractivity contribution in [2.24, 2.45) is 0 Å². The van der Waals surface area contributed by atoms with Crippen LogP contribution >= 0.6 is 0 Å². The summed E-state index contributed by atoms with van der Waals surface area (Å²) in [6.07, 6.45) is -5.37. The smallest absolute Gasteiger partial charge is 0.416 e. The number of anilines is 2. The molecule has 3 aromatic carbocycles. The number of amides is 2. The molecule has 0 aromatic heterocycles. The van der Waals surface area contributed by atoms with Gasteiger partial charge in [0.15, 0.2) is 0 Å². The lowest BCUT2D eigenvalue weighted by molar-refractivity contribution is -0.137. The average Bonchev–Trinajstić information content (AvgIpc) is 2.84. The van der Waals surface area contributed by atoms with Crippen molar-refractivity contribution in [1.29, 1.82) is 0 Å². The van der Waals surface area contributed by atoms with Crippen molar-refractivity contribution in [3.63, 3.8) is 0 Å². The summed E-state index contributed by atoms with van der Waals surface area (Å²) in [5, 5.41) is 12.0. The summed E-state index contributed by atoms with van der Waals surface area (Å²) in [6, 6.07) is 18.7. The normalized spacial score (nSPS) is 14.1. The van der Waals surface area contributed by atoms with Crippen molar-refractivity contribution in [2.75, 3.05) is 36.4 Å². The number of rotatable bonds is 4. The van der Waals surface area contributed by atoms with E-state index in [0.717, 1.165) is 17.8 Å². The number of alkyl halides is 3. The van der Waals surface area contributed by atoms with Crippen LogP contribution in [0.1, 0.15) is 15.9 Å². The summed E-state index contributed by atoms with van der Waals surface area (Å²) in [5.41, 5.74) is 2.03. The van der Waals surface area contributed by atoms with Crippen LogP contribution < -0.4 is 10.2 Å². The van der Waals surface area contributed by atoms with Gasteiger partial charge in [0.05, 0.1) is 5.56 Å². The lowest BCUT2D eigenvalue weighted by Crippen LogP contribution is -2.48. The summed E-state index contributed by atoms with van der Waals surface area (Å²) >= 11 is 0. The van der Waals surface area contributed by atoms with E-state index in [0.29, 0.717) is 48.6 Å². The second-order valence-corrected chi connectivity index (χ2v) is 7.88. The van der Waals surface area contributed by atoms with Gasteiger partial charge in [-0.2, -0.15) is 13.2 Å². The van der Waals surface area contributed by atoms with Gasteiger partial charge < -0.3 is 20.2 Å². The first-order valence-electron chi connectivity index (χ1n) is 10.6. The number of halogens is 3. The number of nitrogens with zero attached hydrogens (tertiary/aromatic N) is 2. The van der Waals surface area contributed by atoms with E-state index in [-0.39, 0.29) is 5.91 Å². The van der Waals surface area contributed by atoms with E-state index in [1.54, 1.807) is 36.4 Å². The molecule has 0 saturated carbocycles. The molecule has 0 spiro atoms. The Morgan fingerprint density at radius 2 is 1.53 bits per heavy atom. The molecule has 2 N–H and O–H groups in total. The number of hydrogen-bond donors (Lipinski definition) is 2. The number of nitrogens with one attached hydrogen (secondary N) is 1. The second kappa shape index (κ2) is 9.46. The number of piperazine rings is 1. The van der Waals surface area contributed by atoms with E-state index >= 15 is 0 Å². The molecule has 0 radical (unpaired) electrons. The fourth-order valence-electron chi connectivity index (χ4n) is 3.91. The zero-order valence-electron chi connectivity index (χ0n) is 18.0. The van der Waals surface area contributed by atoms with Gasteiger partial charge in [-0.1, -0.05) is 36.4 Å². The van der Waals surface area contributed by atoms with Crippen molar-refractivity contribution in [3.05, 3.63) is 83.9 Å². The monoisotopic (exact) mass is 469 g/mol. The Labute approximate surface area is 194 Å². The molecule has 0 aliphatic carbocycles. The Hall–Kier alpha value is -4.01. The first-order chi connectivity index (χ1) is 16.2. The van der Waals surface area contributed by atoms with E-state index in [2.05, 4.69) is 5.32 Å². The highest BCUT2D eigenvalue weighted by Crippen LogP contribution is 2.32. The van der Waals surface area contributed by atoms with Crippen LogP contribution in [0.5, 0.6) is 0 Å². The van der Waals surface area contributed by atoms with Crippen LogP contribution in [-0.2, 0) is 6.18 Å². The van der Waals surface area contributed by atoms with E-state index < -0.39 is 17.8 Å². The molecule has 176 valence electrons. The van der Waals surface area contributed by atoms with Crippen LogP contribution in [0.25, 0.3) is 11.1 Å². The largest absolute Gasteiger partial charge is 0.465 e. The standard InChI is InChI=1S/C25H22F3N3O3/c26-25(27,28)18-10-8-17(9-11-18)21-6-1-2-7-22(21)23(32)29-19-4-3-5-20(16-19)30-12-14-31(15-13-30)24(33)34/h1-11,16H,12-15H2,(H,29,32)(H,33,34). The third-order valence-electron chi connectivity index (χ3n) is 5.71. The Bertz CT molecular complexity index is 1190. The number of carbonyl (C=O) groups is 2. The third kappa shape index (κ3) is 5.14. The molecule has 1 aliphatic rings. The molecule has 34 heavy (non-hydrogen) atoms. The summed E-state index contributed by atoms with van der Waals surface area (Å²) in [6.45, 7) is 1.87. The molecule has 1 aliphatic heterocycles. The van der Waals surface area contributed by atoms with Gasteiger partial charge in [0.2, 0.25) is 0 Å². The van der Waals surface area contributed by atoms with Crippen LogP contribution in [0.2, 0.25) is 0 Å². The first kappa shape index (κ1) is 23.2. The van der Waals surface area contributed by atoms with E-state index in [1.165, 1.54) is 17.0 Å². The molecule has 0 bridgehead atoms. The van der Waals surface area contributed by atoms with Crippen LogP contribution in [0, 0.1) is 0 Å². The van der Waals surface area contributed by atoms with E-state index in [9.17, 15) is 22.8 Å². The molecule has 2 amide bonds. The van der Waals surface area contributed by atoms with E-state index in [4.69, 9.17) is 5.11 Å². The molecular weight excluding hydrogens is 447 g/mol. The lowest BCUT2D eigenvalue weighted by atomic mass is 9.98.